The predicted octanol–water partition coefficient (Wildman–Crippen LogP) is 2.43. The average molecular weight is 269 g/mol. The zero-order valence-electron chi connectivity index (χ0n) is 11.7. The summed E-state index contributed by atoms with van der Waals surface area (Å²) in [5.41, 5.74) is 1.82. The molecular formula is C16H19N3O. The molecule has 0 aromatic carbocycles. The van der Waals surface area contributed by atoms with Crippen LogP contribution in [0.4, 0.5) is 0 Å². The molecule has 0 bridgehead atoms. The molecule has 2 aromatic heterocycles. The molecule has 104 valence electrons. The van der Waals surface area contributed by atoms with Crippen molar-refractivity contribution < 1.29 is 4.79 Å². The van der Waals surface area contributed by atoms with Gasteiger partial charge in [0, 0.05) is 36.3 Å². The molecule has 4 nitrogen and oxygen atoms in total. The van der Waals surface area contributed by atoms with Crippen LogP contribution in [0.1, 0.15) is 25.5 Å². The SMILES string of the molecule is CCN1CCC(CCc2ccc3cccnc3n2)C1=O. The molecule has 3 heterocycles. The molecule has 1 unspecified atom stereocenters. The lowest BCUT2D eigenvalue weighted by Crippen LogP contribution is -2.27. The van der Waals surface area contributed by atoms with Crippen molar-refractivity contribution in [2.45, 2.75) is 26.2 Å². The first-order valence-electron chi connectivity index (χ1n) is 7.27. The van der Waals surface area contributed by atoms with Gasteiger partial charge in [-0.1, -0.05) is 0 Å². The Labute approximate surface area is 118 Å². The fraction of sp³-hybridized carbons (Fsp3) is 0.438. The second-order valence-corrected chi connectivity index (χ2v) is 5.29. The van der Waals surface area contributed by atoms with E-state index in [1.165, 1.54) is 0 Å². The molecule has 1 fully saturated rings. The maximum atomic E-state index is 12.1. The topological polar surface area (TPSA) is 46.1 Å². The number of pyridine rings is 2. The standard InChI is InChI=1S/C16H19N3O/c1-2-19-11-9-13(16(19)20)6-8-14-7-5-12-4-3-10-17-15(12)18-14/h3-5,7,10,13H,2,6,8-9,11H2,1H3. The highest BCUT2D eigenvalue weighted by atomic mass is 16.2. The third kappa shape index (κ3) is 2.50. The molecule has 0 aliphatic carbocycles. The second-order valence-electron chi connectivity index (χ2n) is 5.29. The van der Waals surface area contributed by atoms with Crippen molar-refractivity contribution in [2.24, 2.45) is 5.92 Å². The second kappa shape index (κ2) is 5.57. The molecule has 2 aromatic rings. The Morgan fingerprint density at radius 1 is 1.35 bits per heavy atom. The highest BCUT2D eigenvalue weighted by molar-refractivity contribution is 5.80. The predicted molar refractivity (Wildman–Crippen MR) is 78.2 cm³/mol. The summed E-state index contributed by atoms with van der Waals surface area (Å²) in [6.45, 7) is 3.77. The van der Waals surface area contributed by atoms with Crippen molar-refractivity contribution >= 4 is 16.9 Å². The van der Waals surface area contributed by atoms with Crippen LogP contribution in [0.25, 0.3) is 11.0 Å². The largest absolute Gasteiger partial charge is 0.343 e. The highest BCUT2D eigenvalue weighted by Gasteiger charge is 2.29. The Bertz CT molecular complexity index is 626. The van der Waals surface area contributed by atoms with Crippen molar-refractivity contribution in [2.75, 3.05) is 13.1 Å². The van der Waals surface area contributed by atoms with Gasteiger partial charge in [0.2, 0.25) is 5.91 Å². The third-order valence-electron chi connectivity index (χ3n) is 4.06. The molecule has 1 amide bonds. The van der Waals surface area contributed by atoms with Crippen molar-refractivity contribution in [3.05, 3.63) is 36.2 Å². The molecular weight excluding hydrogens is 250 g/mol. The van der Waals surface area contributed by atoms with Crippen LogP contribution in [0.3, 0.4) is 0 Å². The lowest BCUT2D eigenvalue weighted by Gasteiger charge is -2.13. The van der Waals surface area contributed by atoms with Crippen LogP contribution in [0.5, 0.6) is 0 Å². The molecule has 20 heavy (non-hydrogen) atoms. The summed E-state index contributed by atoms with van der Waals surface area (Å²) in [5.74, 6) is 0.489. The fourth-order valence-electron chi connectivity index (χ4n) is 2.84. The molecule has 1 saturated heterocycles. The summed E-state index contributed by atoms with van der Waals surface area (Å²) in [7, 11) is 0. The molecule has 1 atom stereocenters. The van der Waals surface area contributed by atoms with Crippen LogP contribution in [0.15, 0.2) is 30.5 Å². The number of rotatable bonds is 4. The van der Waals surface area contributed by atoms with E-state index in [0.29, 0.717) is 5.91 Å². The number of aromatic nitrogens is 2. The van der Waals surface area contributed by atoms with Gasteiger partial charge in [0.15, 0.2) is 5.65 Å². The first kappa shape index (κ1) is 13.0. The Hall–Kier alpha value is -1.97. The minimum absolute atomic E-state index is 0.177. The van der Waals surface area contributed by atoms with E-state index < -0.39 is 0 Å². The minimum Gasteiger partial charge on any atom is -0.343 e. The zero-order chi connectivity index (χ0) is 13.9. The molecule has 0 spiro atoms. The van der Waals surface area contributed by atoms with Crippen LogP contribution < -0.4 is 0 Å². The number of nitrogens with zero attached hydrogens (tertiary/aromatic N) is 3. The molecule has 1 aliphatic rings. The van der Waals surface area contributed by atoms with Gasteiger partial charge < -0.3 is 4.90 Å². The van der Waals surface area contributed by atoms with Crippen LogP contribution in [-0.2, 0) is 11.2 Å². The van der Waals surface area contributed by atoms with E-state index in [1.54, 1.807) is 6.20 Å². The van der Waals surface area contributed by atoms with Gasteiger partial charge >= 0.3 is 0 Å². The minimum atomic E-state index is 0.177. The van der Waals surface area contributed by atoms with Crippen LogP contribution in [-0.4, -0.2) is 33.9 Å². The van der Waals surface area contributed by atoms with E-state index in [0.717, 1.165) is 49.1 Å². The Kier molecular flexibility index (Phi) is 3.63. The summed E-state index contributed by atoms with van der Waals surface area (Å²) < 4.78 is 0. The van der Waals surface area contributed by atoms with Gasteiger partial charge in [0.1, 0.15) is 0 Å². The summed E-state index contributed by atoms with van der Waals surface area (Å²) in [6, 6.07) is 8.03. The molecule has 3 rings (SSSR count). The van der Waals surface area contributed by atoms with Crippen LogP contribution in [0, 0.1) is 5.92 Å². The lowest BCUT2D eigenvalue weighted by molar-refractivity contribution is -0.130. The lowest BCUT2D eigenvalue weighted by atomic mass is 10.0. The number of aryl methyl sites for hydroxylation is 1. The van der Waals surface area contributed by atoms with Gasteiger partial charge in [-0.15, -0.1) is 0 Å². The molecule has 4 heteroatoms. The molecule has 0 saturated carbocycles. The first-order valence-corrected chi connectivity index (χ1v) is 7.27. The van der Waals surface area contributed by atoms with Gasteiger partial charge in [-0.3, -0.25) is 4.79 Å². The van der Waals surface area contributed by atoms with Gasteiger partial charge in [-0.2, -0.15) is 0 Å². The van der Waals surface area contributed by atoms with Crippen molar-refractivity contribution in [3.63, 3.8) is 0 Å². The van der Waals surface area contributed by atoms with Crippen LogP contribution in [0.2, 0.25) is 0 Å². The molecule has 1 aliphatic heterocycles. The monoisotopic (exact) mass is 269 g/mol. The number of likely N-dealkylation sites (tertiary alicyclic amines) is 1. The fourth-order valence-corrected chi connectivity index (χ4v) is 2.84. The number of hydrogen-bond acceptors (Lipinski definition) is 3. The zero-order valence-corrected chi connectivity index (χ0v) is 11.7. The van der Waals surface area contributed by atoms with E-state index in [1.807, 2.05) is 30.0 Å². The Balaban J connectivity index is 1.67. The maximum absolute atomic E-state index is 12.1. The summed E-state index contributed by atoms with van der Waals surface area (Å²) >= 11 is 0. The number of hydrogen-bond donors (Lipinski definition) is 0. The normalized spacial score (nSPS) is 18.9. The maximum Gasteiger partial charge on any atom is 0.225 e. The Morgan fingerprint density at radius 3 is 3.05 bits per heavy atom. The third-order valence-corrected chi connectivity index (χ3v) is 4.06. The van der Waals surface area contributed by atoms with E-state index in [2.05, 4.69) is 16.0 Å². The summed E-state index contributed by atoms with van der Waals surface area (Å²) in [5, 5.41) is 1.06. The number of carbonyl (C=O) groups is 1. The van der Waals surface area contributed by atoms with Crippen molar-refractivity contribution in [1.29, 1.82) is 0 Å². The number of carbonyl (C=O) groups excluding carboxylic acids is 1. The number of amides is 1. The van der Waals surface area contributed by atoms with Crippen molar-refractivity contribution in [1.82, 2.24) is 14.9 Å². The Morgan fingerprint density at radius 2 is 2.25 bits per heavy atom. The van der Waals surface area contributed by atoms with Crippen LogP contribution >= 0.6 is 0 Å². The number of fused-ring (bicyclic) bond motifs is 1. The van der Waals surface area contributed by atoms with E-state index in [9.17, 15) is 4.79 Å². The van der Waals surface area contributed by atoms with Gasteiger partial charge in [-0.05, 0) is 50.5 Å². The average Bonchev–Trinajstić information content (AvgIpc) is 2.85. The van der Waals surface area contributed by atoms with Crippen molar-refractivity contribution in [3.8, 4) is 0 Å². The van der Waals surface area contributed by atoms with E-state index >= 15 is 0 Å². The van der Waals surface area contributed by atoms with E-state index in [-0.39, 0.29) is 5.92 Å². The van der Waals surface area contributed by atoms with Gasteiger partial charge in [0.05, 0.1) is 0 Å². The molecule has 0 N–H and O–H groups in total. The summed E-state index contributed by atoms with van der Waals surface area (Å²) in [6.07, 6.45) is 4.48. The van der Waals surface area contributed by atoms with Gasteiger partial charge in [0.25, 0.3) is 0 Å². The summed E-state index contributed by atoms with van der Waals surface area (Å²) in [4.78, 5) is 22.8. The molecule has 0 radical (unpaired) electrons. The quantitative estimate of drug-likeness (QED) is 0.856. The van der Waals surface area contributed by atoms with E-state index in [4.69, 9.17) is 0 Å². The van der Waals surface area contributed by atoms with Gasteiger partial charge in [-0.25, -0.2) is 9.97 Å². The smallest absolute Gasteiger partial charge is 0.225 e. The highest BCUT2D eigenvalue weighted by Crippen LogP contribution is 2.22. The first-order chi connectivity index (χ1) is 9.78.